The maximum atomic E-state index is 2.78. The van der Waals surface area contributed by atoms with Crippen LogP contribution in [0.15, 0.2) is 121 Å². The highest BCUT2D eigenvalue weighted by Crippen LogP contribution is 2.60. The van der Waals surface area contributed by atoms with Crippen molar-refractivity contribution >= 4 is 68.6 Å². The molecule has 0 bridgehead atoms. The summed E-state index contributed by atoms with van der Waals surface area (Å²) in [7, 11) is 0. The average molecular weight is 830 g/mol. The molecule has 2 atom stereocenters. The number of para-hydroxylation sites is 1. The fraction of sp³-hybridized carbons (Fsp3) is 0.390. The third-order valence-electron chi connectivity index (χ3n) is 15.8. The number of nitrogens with zero attached hydrogens (tertiary/aromatic N) is 3. The highest BCUT2D eigenvalue weighted by atomic mass is 15.3. The Morgan fingerprint density at radius 2 is 1.02 bits per heavy atom. The van der Waals surface area contributed by atoms with Gasteiger partial charge in [-0.25, -0.2) is 0 Å². The van der Waals surface area contributed by atoms with Crippen LogP contribution in [0.3, 0.4) is 0 Å². The van der Waals surface area contributed by atoms with Crippen LogP contribution in [0.1, 0.15) is 143 Å². The molecule has 0 N–H and O–H groups in total. The maximum Gasteiger partial charge on any atom is 0.252 e. The highest BCUT2D eigenvalue weighted by molar-refractivity contribution is 7.00. The Kier molecular flexibility index (Phi) is 9.55. The van der Waals surface area contributed by atoms with E-state index in [1.54, 1.807) is 0 Å². The van der Waals surface area contributed by atoms with Gasteiger partial charge in [-0.05, 0) is 148 Å². The molecule has 4 aliphatic rings. The van der Waals surface area contributed by atoms with Crippen molar-refractivity contribution in [3.8, 4) is 0 Å². The first kappa shape index (κ1) is 41.8. The zero-order valence-electron chi connectivity index (χ0n) is 40.2. The minimum absolute atomic E-state index is 0.00493. The standard InChI is InChI=1S/C59H68BN3/c1-39-34-52-54-53(35-39)62(44-21-19-20-41(36-44)56(5,6)7)50-37-42(57(8,9)10)26-30-47(50)60(54)48-31-29-45(38-51(48)61(52)43-27-24-40(25-28-43)55(2,3)4)63-49-23-16-15-22-46(49)58(11)32-17-13-14-18-33-59(58,63)12/h15-16,19-31,34-38H,13-14,17-18,32-33H2,1-12H3. The normalized spacial score (nSPS) is 20.6. The van der Waals surface area contributed by atoms with Crippen LogP contribution >= 0.6 is 0 Å². The molecule has 0 radical (unpaired) electrons. The number of benzene rings is 6. The van der Waals surface area contributed by atoms with Crippen molar-refractivity contribution in [3.05, 3.63) is 149 Å². The molecule has 63 heavy (non-hydrogen) atoms. The van der Waals surface area contributed by atoms with Crippen molar-refractivity contribution in [2.24, 2.45) is 0 Å². The molecule has 6 aromatic rings. The van der Waals surface area contributed by atoms with Crippen LogP contribution in [0, 0.1) is 6.92 Å². The number of hydrogen-bond acceptors (Lipinski definition) is 3. The maximum absolute atomic E-state index is 2.78. The first-order valence-electron chi connectivity index (χ1n) is 23.9. The lowest BCUT2D eigenvalue weighted by Gasteiger charge is -2.49. The molecule has 1 aliphatic carbocycles. The van der Waals surface area contributed by atoms with E-state index < -0.39 is 0 Å². The molecule has 0 amide bonds. The van der Waals surface area contributed by atoms with Gasteiger partial charge in [0.15, 0.2) is 0 Å². The fourth-order valence-corrected chi connectivity index (χ4v) is 12.0. The Balaban J connectivity index is 1.26. The van der Waals surface area contributed by atoms with Crippen molar-refractivity contribution < 1.29 is 0 Å². The Hall–Kier alpha value is -5.22. The summed E-state index contributed by atoms with van der Waals surface area (Å²) in [6.07, 6.45) is 7.58. The van der Waals surface area contributed by atoms with Gasteiger partial charge in [-0.2, -0.15) is 0 Å². The minimum Gasteiger partial charge on any atom is -0.334 e. The molecule has 3 nitrogen and oxygen atoms in total. The summed E-state index contributed by atoms with van der Waals surface area (Å²) in [6, 6.07) is 48.0. The zero-order valence-corrected chi connectivity index (χ0v) is 40.2. The Bertz CT molecular complexity index is 2760. The zero-order chi connectivity index (χ0) is 44.4. The van der Waals surface area contributed by atoms with Crippen molar-refractivity contribution in [2.45, 2.75) is 149 Å². The second-order valence-corrected chi connectivity index (χ2v) is 23.1. The van der Waals surface area contributed by atoms with Crippen LogP contribution in [-0.2, 0) is 21.7 Å². The van der Waals surface area contributed by atoms with Gasteiger partial charge >= 0.3 is 0 Å². The molecule has 3 heterocycles. The Morgan fingerprint density at radius 1 is 0.460 bits per heavy atom. The average Bonchev–Trinajstić information content (AvgIpc) is 3.41. The summed E-state index contributed by atoms with van der Waals surface area (Å²) >= 11 is 0. The van der Waals surface area contributed by atoms with Gasteiger partial charge in [0.25, 0.3) is 6.71 Å². The lowest BCUT2D eigenvalue weighted by atomic mass is 9.33. The number of hydrogen-bond donors (Lipinski definition) is 0. The van der Waals surface area contributed by atoms with Crippen LogP contribution in [0.5, 0.6) is 0 Å². The molecular formula is C59H68BN3. The van der Waals surface area contributed by atoms with Gasteiger partial charge in [0.05, 0.1) is 5.54 Å². The van der Waals surface area contributed by atoms with E-state index in [9.17, 15) is 0 Å². The van der Waals surface area contributed by atoms with E-state index in [-0.39, 0.29) is 33.9 Å². The molecule has 0 aromatic heterocycles. The van der Waals surface area contributed by atoms with E-state index in [1.807, 2.05) is 0 Å². The number of aryl methyl sites for hydroxylation is 1. The van der Waals surface area contributed by atoms with E-state index in [0.717, 1.165) is 0 Å². The summed E-state index contributed by atoms with van der Waals surface area (Å²) in [6.45, 7) is 28.5. The fourth-order valence-electron chi connectivity index (χ4n) is 12.0. The van der Waals surface area contributed by atoms with Crippen LogP contribution in [-0.4, -0.2) is 12.3 Å². The predicted octanol–water partition coefficient (Wildman–Crippen LogP) is 14.5. The van der Waals surface area contributed by atoms with E-state index in [4.69, 9.17) is 0 Å². The van der Waals surface area contributed by atoms with Crippen molar-refractivity contribution in [1.29, 1.82) is 0 Å². The van der Waals surface area contributed by atoms with Gasteiger partial charge < -0.3 is 14.7 Å². The summed E-state index contributed by atoms with van der Waals surface area (Å²) in [5.74, 6) is 0. The molecule has 2 unspecified atom stereocenters. The van der Waals surface area contributed by atoms with Gasteiger partial charge in [-0.3, -0.25) is 0 Å². The lowest BCUT2D eigenvalue weighted by Crippen LogP contribution is -2.61. The molecule has 3 aliphatic heterocycles. The molecule has 1 saturated carbocycles. The van der Waals surface area contributed by atoms with E-state index in [0.29, 0.717) is 0 Å². The van der Waals surface area contributed by atoms with Gasteiger partial charge in [0, 0.05) is 50.9 Å². The van der Waals surface area contributed by atoms with Crippen LogP contribution in [0.2, 0.25) is 0 Å². The third-order valence-corrected chi connectivity index (χ3v) is 15.8. The molecule has 1 fully saturated rings. The van der Waals surface area contributed by atoms with E-state index >= 15 is 0 Å². The van der Waals surface area contributed by atoms with Crippen molar-refractivity contribution in [3.63, 3.8) is 0 Å². The topological polar surface area (TPSA) is 9.72 Å². The van der Waals surface area contributed by atoms with E-state index in [2.05, 4.69) is 219 Å². The molecule has 0 saturated heterocycles. The molecule has 0 spiro atoms. The predicted molar refractivity (Wildman–Crippen MR) is 273 cm³/mol. The largest absolute Gasteiger partial charge is 0.334 e. The summed E-state index contributed by atoms with van der Waals surface area (Å²) in [5.41, 5.74) is 21.2. The summed E-state index contributed by atoms with van der Waals surface area (Å²) < 4.78 is 0. The molecule has 6 aromatic carbocycles. The number of anilines is 8. The first-order chi connectivity index (χ1) is 29.8. The van der Waals surface area contributed by atoms with Crippen LogP contribution in [0.4, 0.5) is 45.5 Å². The van der Waals surface area contributed by atoms with Crippen molar-refractivity contribution in [2.75, 3.05) is 14.7 Å². The quantitative estimate of drug-likeness (QED) is 0.164. The molecule has 4 heteroatoms. The number of rotatable bonds is 3. The summed E-state index contributed by atoms with van der Waals surface area (Å²) in [4.78, 5) is 7.99. The Morgan fingerprint density at radius 3 is 1.68 bits per heavy atom. The molecule has 322 valence electrons. The second-order valence-electron chi connectivity index (χ2n) is 23.1. The first-order valence-corrected chi connectivity index (χ1v) is 23.9. The molecular weight excluding hydrogens is 761 g/mol. The van der Waals surface area contributed by atoms with Gasteiger partial charge in [-0.15, -0.1) is 0 Å². The van der Waals surface area contributed by atoms with Gasteiger partial charge in [0.2, 0.25) is 0 Å². The van der Waals surface area contributed by atoms with Crippen molar-refractivity contribution in [1.82, 2.24) is 0 Å². The van der Waals surface area contributed by atoms with Crippen LogP contribution < -0.4 is 31.1 Å². The lowest BCUT2D eigenvalue weighted by molar-refractivity contribution is 0.218. The van der Waals surface area contributed by atoms with Gasteiger partial charge in [0.1, 0.15) is 0 Å². The molecule has 10 rings (SSSR count). The van der Waals surface area contributed by atoms with Crippen LogP contribution in [0.25, 0.3) is 0 Å². The Labute approximate surface area is 379 Å². The highest BCUT2D eigenvalue weighted by Gasteiger charge is 2.56. The van der Waals surface area contributed by atoms with E-state index in [1.165, 1.54) is 128 Å². The monoisotopic (exact) mass is 830 g/mol. The number of fused-ring (bicyclic) bond motifs is 7. The third kappa shape index (κ3) is 6.51. The SMILES string of the molecule is Cc1cc2c3c(c1)N(c1cccc(C(C)(C)C)c1)c1cc(C(C)(C)C)ccc1B3c1ccc(N3c4ccccc4C4(C)CCCCCCC34C)cc1N2c1ccc(C(C)(C)C)cc1. The summed E-state index contributed by atoms with van der Waals surface area (Å²) in [5, 5.41) is 0. The van der Waals surface area contributed by atoms with Gasteiger partial charge in [-0.1, -0.05) is 156 Å². The second kappa shape index (κ2) is 14.4. The minimum atomic E-state index is -0.0518. The smallest absolute Gasteiger partial charge is 0.252 e.